The molecule has 2 atom stereocenters. The minimum absolute atomic E-state index is 0.0717. The van der Waals surface area contributed by atoms with E-state index in [9.17, 15) is 14.4 Å². The third-order valence-corrected chi connectivity index (χ3v) is 6.97. The number of alkyl carbamates (subject to hydrolysis) is 1. The average Bonchev–Trinajstić information content (AvgIpc) is 3.24. The summed E-state index contributed by atoms with van der Waals surface area (Å²) < 4.78 is 16.4. The van der Waals surface area contributed by atoms with E-state index in [4.69, 9.17) is 14.2 Å². The maximum Gasteiger partial charge on any atom is 0.407 e. The number of ketones is 1. The Morgan fingerprint density at radius 3 is 2.00 bits per heavy atom. The van der Waals surface area contributed by atoms with Crippen LogP contribution in [0.25, 0.3) is 11.1 Å². The number of fused-ring (bicyclic) bond motifs is 3. The summed E-state index contributed by atoms with van der Waals surface area (Å²) in [5.74, 6) is -0.789. The van der Waals surface area contributed by atoms with Crippen LogP contribution >= 0.6 is 0 Å². The van der Waals surface area contributed by atoms with Gasteiger partial charge in [0.05, 0.1) is 19.1 Å². The first-order valence-electron chi connectivity index (χ1n) is 13.6. The van der Waals surface area contributed by atoms with Crippen molar-refractivity contribution < 1.29 is 28.6 Å². The van der Waals surface area contributed by atoms with Crippen molar-refractivity contribution in [2.45, 2.75) is 58.1 Å². The van der Waals surface area contributed by atoms with Gasteiger partial charge in [0.2, 0.25) is 0 Å². The first-order chi connectivity index (χ1) is 19.1. The molecule has 0 saturated carbocycles. The Bertz CT molecular complexity index is 1310. The van der Waals surface area contributed by atoms with Gasteiger partial charge in [-0.05, 0) is 74.1 Å². The van der Waals surface area contributed by atoms with E-state index < -0.39 is 24.0 Å². The smallest absolute Gasteiger partial charge is 0.407 e. The number of benzene rings is 3. The molecule has 0 heterocycles. The largest absolute Gasteiger partial charge is 0.488 e. The van der Waals surface area contributed by atoms with E-state index in [-0.39, 0.29) is 30.3 Å². The molecule has 3 aromatic rings. The molecule has 1 aliphatic rings. The van der Waals surface area contributed by atoms with Gasteiger partial charge in [-0.25, -0.2) is 4.79 Å². The van der Waals surface area contributed by atoms with Crippen LogP contribution in [0.4, 0.5) is 4.79 Å². The van der Waals surface area contributed by atoms with Crippen LogP contribution in [-0.2, 0) is 25.5 Å². The zero-order valence-electron chi connectivity index (χ0n) is 23.7. The van der Waals surface area contributed by atoms with E-state index in [1.54, 1.807) is 6.92 Å². The summed E-state index contributed by atoms with van der Waals surface area (Å²) in [6.45, 7) is 7.66. The number of amides is 1. The summed E-state index contributed by atoms with van der Waals surface area (Å²) in [5, 5.41) is 2.63. The van der Waals surface area contributed by atoms with Crippen molar-refractivity contribution in [2.75, 3.05) is 13.7 Å². The lowest BCUT2D eigenvalue weighted by atomic mass is 9.92. The topological polar surface area (TPSA) is 90.9 Å². The normalized spacial score (nSPS) is 13.9. The zero-order valence-corrected chi connectivity index (χ0v) is 23.7. The number of ether oxygens (including phenoxy) is 3. The Morgan fingerprint density at radius 2 is 1.45 bits per heavy atom. The fraction of sp³-hybridized carbons (Fsp3) is 0.364. The molecule has 0 saturated heterocycles. The monoisotopic (exact) mass is 543 g/mol. The number of rotatable bonds is 10. The predicted molar refractivity (Wildman–Crippen MR) is 153 cm³/mol. The fourth-order valence-electron chi connectivity index (χ4n) is 5.05. The molecule has 1 aliphatic carbocycles. The maximum absolute atomic E-state index is 13.0. The van der Waals surface area contributed by atoms with Gasteiger partial charge in [-0.2, -0.15) is 0 Å². The Balaban J connectivity index is 1.33. The lowest BCUT2D eigenvalue weighted by Crippen LogP contribution is -2.40. The molecule has 0 spiro atoms. The summed E-state index contributed by atoms with van der Waals surface area (Å²) >= 11 is 0. The second-order valence-corrected chi connectivity index (χ2v) is 11.1. The number of methoxy groups -OCH3 is 1. The summed E-state index contributed by atoms with van der Waals surface area (Å²) in [4.78, 5) is 38.1. The second kappa shape index (κ2) is 12.4. The average molecular weight is 544 g/mol. The Hall–Kier alpha value is -4.13. The minimum atomic E-state index is -0.828. The second-order valence-electron chi connectivity index (χ2n) is 11.1. The molecular weight excluding hydrogens is 506 g/mol. The Kier molecular flexibility index (Phi) is 8.93. The van der Waals surface area contributed by atoms with Crippen LogP contribution in [-0.4, -0.2) is 43.2 Å². The molecule has 0 aromatic heterocycles. The highest BCUT2D eigenvalue weighted by Crippen LogP contribution is 2.44. The van der Waals surface area contributed by atoms with Crippen LogP contribution in [0.2, 0.25) is 0 Å². The van der Waals surface area contributed by atoms with Crippen LogP contribution in [0.1, 0.15) is 56.7 Å². The van der Waals surface area contributed by atoms with E-state index in [2.05, 4.69) is 17.4 Å². The number of Topliss-reactive ketones (excluding diaryl/α,β-unsaturated/α-hetero) is 1. The first-order valence-corrected chi connectivity index (χ1v) is 13.6. The van der Waals surface area contributed by atoms with Crippen LogP contribution in [0.3, 0.4) is 0 Å². The molecule has 0 unspecified atom stereocenters. The highest BCUT2D eigenvalue weighted by Gasteiger charge is 2.30. The lowest BCUT2D eigenvalue weighted by Gasteiger charge is -2.21. The minimum Gasteiger partial charge on any atom is -0.488 e. The van der Waals surface area contributed by atoms with E-state index in [0.29, 0.717) is 6.42 Å². The van der Waals surface area contributed by atoms with Crippen molar-refractivity contribution in [3.8, 4) is 16.9 Å². The van der Waals surface area contributed by atoms with Gasteiger partial charge in [-0.3, -0.25) is 9.59 Å². The zero-order chi connectivity index (χ0) is 28.9. The molecule has 0 bridgehead atoms. The first kappa shape index (κ1) is 28.9. The summed E-state index contributed by atoms with van der Waals surface area (Å²) in [6, 6.07) is 22.8. The third-order valence-electron chi connectivity index (χ3n) is 6.97. The molecule has 0 radical (unpaired) electrons. The lowest BCUT2D eigenvalue weighted by molar-refractivity contribution is -0.147. The molecule has 4 rings (SSSR count). The van der Waals surface area contributed by atoms with Gasteiger partial charge in [0, 0.05) is 12.3 Å². The Morgan fingerprint density at radius 1 is 0.875 bits per heavy atom. The highest BCUT2D eigenvalue weighted by atomic mass is 16.5. The fourth-order valence-corrected chi connectivity index (χ4v) is 5.05. The number of hydrogen-bond acceptors (Lipinski definition) is 6. The van der Waals surface area contributed by atoms with E-state index in [1.165, 1.54) is 7.11 Å². The molecule has 0 fully saturated rings. The van der Waals surface area contributed by atoms with E-state index in [1.807, 2.05) is 81.4 Å². The van der Waals surface area contributed by atoms with Crippen LogP contribution in [0.5, 0.6) is 5.75 Å². The van der Waals surface area contributed by atoms with Crippen molar-refractivity contribution in [3.05, 3.63) is 89.5 Å². The van der Waals surface area contributed by atoms with Crippen molar-refractivity contribution in [1.82, 2.24) is 5.32 Å². The number of hydrogen-bond donors (Lipinski definition) is 1. The van der Waals surface area contributed by atoms with Crippen LogP contribution in [0.15, 0.2) is 72.8 Å². The number of esters is 1. The molecule has 210 valence electrons. The van der Waals surface area contributed by atoms with Gasteiger partial charge in [0.15, 0.2) is 5.78 Å². The number of nitrogens with one attached hydrogen (secondary N) is 1. The maximum atomic E-state index is 13.0. The Labute approximate surface area is 235 Å². The molecular formula is C33H37NO6. The molecule has 40 heavy (non-hydrogen) atoms. The van der Waals surface area contributed by atoms with Crippen molar-refractivity contribution >= 4 is 17.8 Å². The molecule has 1 amide bonds. The summed E-state index contributed by atoms with van der Waals surface area (Å²) in [6.07, 6.45) is -0.421. The van der Waals surface area contributed by atoms with Crippen molar-refractivity contribution in [1.29, 1.82) is 0 Å². The van der Waals surface area contributed by atoms with Gasteiger partial charge in [-0.15, -0.1) is 0 Å². The molecule has 7 nitrogen and oxygen atoms in total. The van der Waals surface area contributed by atoms with Crippen LogP contribution in [0, 0.1) is 5.92 Å². The van der Waals surface area contributed by atoms with Gasteiger partial charge in [-0.1, -0.05) is 60.7 Å². The van der Waals surface area contributed by atoms with Gasteiger partial charge in [0.1, 0.15) is 18.0 Å². The molecule has 7 heteroatoms. The highest BCUT2D eigenvalue weighted by molar-refractivity contribution is 5.90. The van der Waals surface area contributed by atoms with Gasteiger partial charge < -0.3 is 19.5 Å². The SMILES string of the molecule is COC(=O)[C@@H](CC(=O)[C@H](C)NC(=O)OCC1c2ccccc2-c2ccccc21)Cc1ccc(OC(C)(C)C)cc1. The van der Waals surface area contributed by atoms with Crippen molar-refractivity contribution in [2.24, 2.45) is 5.92 Å². The van der Waals surface area contributed by atoms with Gasteiger partial charge in [0.25, 0.3) is 0 Å². The molecule has 3 aromatic carbocycles. The summed E-state index contributed by atoms with van der Waals surface area (Å²) in [5.41, 5.74) is 5.06. The summed E-state index contributed by atoms with van der Waals surface area (Å²) in [7, 11) is 1.30. The standard InChI is InChI=1S/C33H37NO6/c1-21(30(35)19-23(31(36)38-5)18-22-14-16-24(17-15-22)40-33(2,3)4)34-32(37)39-20-29-27-12-8-6-10-25(27)26-11-7-9-13-28(26)29/h6-17,21,23,29H,18-20H2,1-5H3,(H,34,37)/t21-,23+/m0/s1. The van der Waals surface area contributed by atoms with E-state index in [0.717, 1.165) is 33.6 Å². The number of carbonyl (C=O) groups excluding carboxylic acids is 3. The van der Waals surface area contributed by atoms with E-state index >= 15 is 0 Å². The van der Waals surface area contributed by atoms with Gasteiger partial charge >= 0.3 is 12.1 Å². The molecule has 0 aliphatic heterocycles. The quantitative estimate of drug-likeness (QED) is 0.312. The number of carbonyl (C=O) groups is 3. The third kappa shape index (κ3) is 7.08. The van der Waals surface area contributed by atoms with Crippen LogP contribution < -0.4 is 10.1 Å². The van der Waals surface area contributed by atoms with Crippen molar-refractivity contribution in [3.63, 3.8) is 0 Å². The predicted octanol–water partition coefficient (Wildman–Crippen LogP) is 6.08. The molecule has 1 N–H and O–H groups in total.